The average molecular weight is 345 g/mol. The molecular weight excluding hydrogens is 326 g/mol. The van der Waals surface area contributed by atoms with Crippen LogP contribution in [0.4, 0.5) is 5.69 Å². The number of ketones is 1. The number of aryl methyl sites for hydroxylation is 1. The van der Waals surface area contributed by atoms with E-state index < -0.39 is 0 Å². The van der Waals surface area contributed by atoms with Gasteiger partial charge >= 0.3 is 0 Å². The van der Waals surface area contributed by atoms with E-state index in [4.69, 9.17) is 0 Å². The smallest absolute Gasteiger partial charge is 0.251 e. The van der Waals surface area contributed by atoms with Gasteiger partial charge in [0, 0.05) is 23.0 Å². The minimum atomic E-state index is -0.387. The van der Waals surface area contributed by atoms with Gasteiger partial charge in [0.1, 0.15) is 0 Å². The van der Waals surface area contributed by atoms with Gasteiger partial charge in [-0.3, -0.25) is 14.4 Å². The second kappa shape index (κ2) is 7.92. The summed E-state index contributed by atoms with van der Waals surface area (Å²) in [6.07, 6.45) is 0.583. The number of anilines is 1. The number of thioether (sulfide) groups is 1. The Balaban J connectivity index is 2.08. The van der Waals surface area contributed by atoms with Gasteiger partial charge in [-0.1, -0.05) is 18.7 Å². The number of H-pyrrole nitrogens is 1. The van der Waals surface area contributed by atoms with Gasteiger partial charge in [0.2, 0.25) is 5.91 Å². The van der Waals surface area contributed by atoms with Crippen molar-refractivity contribution < 1.29 is 9.59 Å². The molecule has 0 saturated carbocycles. The number of nitrogens with zero attached hydrogens (tertiary/aromatic N) is 1. The monoisotopic (exact) mass is 345 g/mol. The predicted molar refractivity (Wildman–Crippen MR) is 94.6 cm³/mol. The highest BCUT2D eigenvalue weighted by Crippen LogP contribution is 2.23. The molecule has 0 bridgehead atoms. The highest BCUT2D eigenvalue weighted by molar-refractivity contribution is 8.00. The number of carbonyl (C=O) groups excluding carboxylic acids is 2. The molecule has 1 amide bonds. The summed E-state index contributed by atoms with van der Waals surface area (Å²) in [5.74, 6) is -0.202. The summed E-state index contributed by atoms with van der Waals surface area (Å²) < 4.78 is 0. The molecule has 2 N–H and O–H groups in total. The maximum Gasteiger partial charge on any atom is 0.251 e. The number of aromatic amines is 1. The van der Waals surface area contributed by atoms with Crippen molar-refractivity contribution in [2.24, 2.45) is 0 Å². The molecule has 1 aromatic carbocycles. The van der Waals surface area contributed by atoms with E-state index in [-0.39, 0.29) is 22.5 Å². The van der Waals surface area contributed by atoms with Gasteiger partial charge in [0.25, 0.3) is 5.56 Å². The Labute approximate surface area is 144 Å². The van der Waals surface area contributed by atoms with E-state index >= 15 is 0 Å². The average Bonchev–Trinajstić information content (AvgIpc) is 2.52. The third kappa shape index (κ3) is 4.79. The lowest BCUT2D eigenvalue weighted by Crippen LogP contribution is -2.25. The largest absolute Gasteiger partial charge is 0.325 e. The van der Waals surface area contributed by atoms with Crippen LogP contribution in [0.15, 0.2) is 40.3 Å². The number of rotatable bonds is 6. The van der Waals surface area contributed by atoms with Gasteiger partial charge in [-0.15, -0.1) is 0 Å². The summed E-state index contributed by atoms with van der Waals surface area (Å²) in [7, 11) is 0. The third-order valence-electron chi connectivity index (χ3n) is 3.32. The standard InChI is InChI=1S/C17H19N3O3S/c1-4-14(24-17-18-10(2)9-15(22)20-17)16(23)19-13-7-5-12(6-8-13)11(3)21/h5-9,14H,4H2,1-3H3,(H,19,23)(H,18,20,22)/t14-/m0/s1. The Morgan fingerprint density at radius 2 is 1.96 bits per heavy atom. The quantitative estimate of drug-likeness (QED) is 0.477. The number of carbonyl (C=O) groups is 2. The molecule has 2 aromatic rings. The van der Waals surface area contributed by atoms with Crippen molar-refractivity contribution in [1.29, 1.82) is 0 Å². The van der Waals surface area contributed by atoms with E-state index in [1.165, 1.54) is 24.8 Å². The van der Waals surface area contributed by atoms with E-state index in [0.717, 1.165) is 0 Å². The maximum atomic E-state index is 12.4. The van der Waals surface area contributed by atoms with Crippen molar-refractivity contribution in [3.8, 4) is 0 Å². The molecule has 0 aliphatic heterocycles. The molecule has 126 valence electrons. The van der Waals surface area contributed by atoms with Crippen LogP contribution >= 0.6 is 11.8 Å². The van der Waals surface area contributed by atoms with Gasteiger partial charge in [-0.2, -0.15) is 0 Å². The molecule has 7 heteroatoms. The molecule has 6 nitrogen and oxygen atoms in total. The van der Waals surface area contributed by atoms with Gasteiger partial charge in [-0.05, 0) is 44.5 Å². The van der Waals surface area contributed by atoms with E-state index in [1.54, 1.807) is 31.2 Å². The summed E-state index contributed by atoms with van der Waals surface area (Å²) in [6.45, 7) is 5.12. The van der Waals surface area contributed by atoms with Crippen molar-refractivity contribution >= 4 is 29.1 Å². The zero-order chi connectivity index (χ0) is 17.7. The molecule has 1 aromatic heterocycles. The van der Waals surface area contributed by atoms with Crippen molar-refractivity contribution in [3.05, 3.63) is 51.9 Å². The Kier molecular flexibility index (Phi) is 5.92. The number of benzene rings is 1. The number of Topliss-reactive ketones (excluding diaryl/α,β-unsaturated/α-hetero) is 1. The highest BCUT2D eigenvalue weighted by atomic mass is 32.2. The van der Waals surface area contributed by atoms with Gasteiger partial charge in [0.15, 0.2) is 10.9 Å². The van der Waals surface area contributed by atoms with Crippen LogP contribution < -0.4 is 10.9 Å². The zero-order valence-electron chi connectivity index (χ0n) is 13.8. The van der Waals surface area contributed by atoms with E-state index in [2.05, 4.69) is 15.3 Å². The van der Waals surface area contributed by atoms with E-state index in [1.807, 2.05) is 6.92 Å². The van der Waals surface area contributed by atoms with Crippen LogP contribution in [-0.4, -0.2) is 26.9 Å². The Bertz CT molecular complexity index is 799. The molecule has 0 saturated heterocycles. The molecule has 0 aliphatic rings. The summed E-state index contributed by atoms with van der Waals surface area (Å²) in [4.78, 5) is 42.0. The fourth-order valence-corrected chi connectivity index (χ4v) is 3.03. The van der Waals surface area contributed by atoms with Crippen molar-refractivity contribution in [1.82, 2.24) is 9.97 Å². The fourth-order valence-electron chi connectivity index (χ4n) is 2.08. The van der Waals surface area contributed by atoms with Crippen LogP contribution in [0.5, 0.6) is 0 Å². The second-order valence-corrected chi connectivity index (χ2v) is 6.52. The van der Waals surface area contributed by atoms with Crippen molar-refractivity contribution in [3.63, 3.8) is 0 Å². The summed E-state index contributed by atoms with van der Waals surface area (Å²) in [5, 5.41) is 2.86. The van der Waals surface area contributed by atoms with E-state index in [9.17, 15) is 14.4 Å². The van der Waals surface area contributed by atoms with Crippen molar-refractivity contribution in [2.45, 2.75) is 37.6 Å². The number of amides is 1. The first-order valence-corrected chi connectivity index (χ1v) is 8.43. The first kappa shape index (κ1) is 17.9. The lowest BCUT2D eigenvalue weighted by atomic mass is 10.1. The molecular formula is C17H19N3O3S. The Morgan fingerprint density at radius 3 is 2.50 bits per heavy atom. The fraction of sp³-hybridized carbons (Fsp3) is 0.294. The predicted octanol–water partition coefficient (Wildman–Crippen LogP) is 2.79. The molecule has 24 heavy (non-hydrogen) atoms. The lowest BCUT2D eigenvalue weighted by Gasteiger charge is -2.14. The van der Waals surface area contributed by atoms with Crippen LogP contribution in [0.1, 0.15) is 36.3 Å². The minimum absolute atomic E-state index is 0.0238. The van der Waals surface area contributed by atoms with Crippen molar-refractivity contribution in [2.75, 3.05) is 5.32 Å². The van der Waals surface area contributed by atoms with Crippen LogP contribution in [0.3, 0.4) is 0 Å². The molecule has 0 aliphatic carbocycles. The summed E-state index contributed by atoms with van der Waals surface area (Å²) in [6, 6.07) is 8.14. The molecule has 1 heterocycles. The SMILES string of the molecule is CC[C@H](Sc1nc(C)cc(=O)[nH]1)C(=O)Nc1ccc(C(C)=O)cc1. The van der Waals surface area contributed by atoms with Gasteiger partial charge in [0.05, 0.1) is 5.25 Å². The van der Waals surface area contributed by atoms with Crippen LogP contribution in [0.25, 0.3) is 0 Å². The number of nitrogens with one attached hydrogen (secondary N) is 2. The van der Waals surface area contributed by atoms with Crippen LogP contribution in [0.2, 0.25) is 0 Å². The van der Waals surface area contributed by atoms with Crippen LogP contribution in [0, 0.1) is 6.92 Å². The number of hydrogen-bond donors (Lipinski definition) is 2. The Hall–Kier alpha value is -2.41. The normalized spacial score (nSPS) is 11.8. The summed E-state index contributed by atoms with van der Waals surface area (Å²) in [5.41, 5.74) is 1.59. The molecule has 2 rings (SSSR count). The molecule has 0 unspecified atom stereocenters. The minimum Gasteiger partial charge on any atom is -0.325 e. The van der Waals surface area contributed by atoms with E-state index in [0.29, 0.717) is 28.5 Å². The summed E-state index contributed by atoms with van der Waals surface area (Å²) >= 11 is 1.22. The number of hydrogen-bond acceptors (Lipinski definition) is 5. The zero-order valence-corrected chi connectivity index (χ0v) is 14.6. The molecule has 1 atom stereocenters. The van der Waals surface area contributed by atoms with Gasteiger partial charge < -0.3 is 10.3 Å². The molecule has 0 fully saturated rings. The first-order chi connectivity index (χ1) is 11.4. The first-order valence-electron chi connectivity index (χ1n) is 7.55. The lowest BCUT2D eigenvalue weighted by molar-refractivity contribution is -0.115. The Morgan fingerprint density at radius 1 is 1.29 bits per heavy atom. The number of aromatic nitrogens is 2. The molecule has 0 radical (unpaired) electrons. The molecule has 0 spiro atoms. The second-order valence-electron chi connectivity index (χ2n) is 5.33. The van der Waals surface area contributed by atoms with Crippen LogP contribution in [-0.2, 0) is 4.79 Å². The van der Waals surface area contributed by atoms with Gasteiger partial charge in [-0.25, -0.2) is 4.98 Å². The highest BCUT2D eigenvalue weighted by Gasteiger charge is 2.19. The third-order valence-corrected chi connectivity index (χ3v) is 4.57. The topological polar surface area (TPSA) is 91.9 Å². The maximum absolute atomic E-state index is 12.4.